The molecular formula is C11H14ClNO5S. The largest absolute Gasteiger partial charge is 0.497 e. The highest BCUT2D eigenvalue weighted by Gasteiger charge is 2.18. The van der Waals surface area contributed by atoms with Crippen LogP contribution in [0.2, 0.25) is 5.02 Å². The van der Waals surface area contributed by atoms with Gasteiger partial charge in [0.25, 0.3) is 0 Å². The lowest BCUT2D eigenvalue weighted by Crippen LogP contribution is -2.25. The molecule has 0 aliphatic heterocycles. The fourth-order valence-electron chi connectivity index (χ4n) is 1.34. The number of sulfonamides is 1. The second-order valence-corrected chi connectivity index (χ2v) is 5.83. The van der Waals surface area contributed by atoms with Gasteiger partial charge in [0.2, 0.25) is 10.0 Å². The Morgan fingerprint density at radius 2 is 2.16 bits per heavy atom. The van der Waals surface area contributed by atoms with Crippen LogP contribution in [0.4, 0.5) is 0 Å². The topological polar surface area (TPSA) is 92.7 Å². The molecule has 0 unspecified atom stereocenters. The first-order valence-corrected chi connectivity index (χ1v) is 7.28. The zero-order valence-electron chi connectivity index (χ0n) is 10.2. The summed E-state index contributed by atoms with van der Waals surface area (Å²) in [4.78, 5) is 10.2. The van der Waals surface area contributed by atoms with Crippen molar-refractivity contribution in [2.75, 3.05) is 13.7 Å². The number of carboxylic acid groups (broad SMARTS) is 1. The summed E-state index contributed by atoms with van der Waals surface area (Å²) in [7, 11) is -2.36. The van der Waals surface area contributed by atoms with Crippen LogP contribution in [0.3, 0.4) is 0 Å². The molecule has 0 aliphatic carbocycles. The Morgan fingerprint density at radius 3 is 2.74 bits per heavy atom. The highest BCUT2D eigenvalue weighted by atomic mass is 35.5. The van der Waals surface area contributed by atoms with Gasteiger partial charge in [-0.15, -0.1) is 0 Å². The summed E-state index contributed by atoms with van der Waals surface area (Å²) in [6.45, 7) is 0.0299. The molecule has 0 saturated heterocycles. The molecule has 1 aromatic carbocycles. The molecule has 6 nitrogen and oxygen atoms in total. The van der Waals surface area contributed by atoms with E-state index in [1.165, 1.54) is 19.2 Å². The number of carbonyl (C=O) groups is 1. The molecule has 19 heavy (non-hydrogen) atoms. The van der Waals surface area contributed by atoms with E-state index in [0.29, 0.717) is 5.75 Å². The third-order valence-electron chi connectivity index (χ3n) is 2.29. The van der Waals surface area contributed by atoms with E-state index < -0.39 is 16.0 Å². The third kappa shape index (κ3) is 4.70. The Morgan fingerprint density at radius 1 is 1.47 bits per heavy atom. The molecule has 106 valence electrons. The smallest absolute Gasteiger partial charge is 0.303 e. The van der Waals surface area contributed by atoms with Crippen molar-refractivity contribution in [3.63, 3.8) is 0 Å². The minimum absolute atomic E-state index is 0.0299. The SMILES string of the molecule is COc1ccc(Cl)c(S(=O)(=O)NCCCC(=O)O)c1. The molecule has 0 spiro atoms. The zero-order valence-corrected chi connectivity index (χ0v) is 11.8. The number of ether oxygens (including phenoxy) is 1. The van der Waals surface area contributed by atoms with Crippen molar-refractivity contribution >= 4 is 27.6 Å². The molecule has 0 bridgehead atoms. The van der Waals surface area contributed by atoms with E-state index in [1.807, 2.05) is 0 Å². The fraction of sp³-hybridized carbons (Fsp3) is 0.364. The monoisotopic (exact) mass is 307 g/mol. The first-order valence-electron chi connectivity index (χ1n) is 5.42. The third-order valence-corrected chi connectivity index (χ3v) is 4.23. The van der Waals surface area contributed by atoms with E-state index in [2.05, 4.69) is 4.72 Å². The predicted octanol–water partition coefficient (Wildman–Crippen LogP) is 1.49. The van der Waals surface area contributed by atoms with Crippen LogP contribution in [0.5, 0.6) is 5.75 Å². The lowest BCUT2D eigenvalue weighted by molar-refractivity contribution is -0.137. The molecule has 1 rings (SSSR count). The molecule has 0 aromatic heterocycles. The maximum Gasteiger partial charge on any atom is 0.303 e. The standard InChI is InChI=1S/C11H14ClNO5S/c1-18-8-4-5-9(12)10(7-8)19(16,17)13-6-2-3-11(14)15/h4-5,7,13H,2-3,6H2,1H3,(H,14,15). The Hall–Kier alpha value is -1.31. The highest BCUT2D eigenvalue weighted by Crippen LogP contribution is 2.25. The van der Waals surface area contributed by atoms with Crippen LogP contribution in [0.15, 0.2) is 23.1 Å². The summed E-state index contributed by atoms with van der Waals surface area (Å²) in [5.74, 6) is -0.603. The maximum absolute atomic E-state index is 12.0. The number of hydrogen-bond donors (Lipinski definition) is 2. The molecule has 0 aliphatic rings. The lowest BCUT2D eigenvalue weighted by atomic mass is 10.3. The average molecular weight is 308 g/mol. The van der Waals surface area contributed by atoms with Gasteiger partial charge in [-0.1, -0.05) is 11.6 Å². The molecular weight excluding hydrogens is 294 g/mol. The van der Waals surface area contributed by atoms with Crippen LogP contribution in [-0.2, 0) is 14.8 Å². The van der Waals surface area contributed by atoms with Crippen LogP contribution in [0.1, 0.15) is 12.8 Å². The summed E-state index contributed by atoms with van der Waals surface area (Å²) >= 11 is 5.83. The zero-order chi connectivity index (χ0) is 14.5. The average Bonchev–Trinajstić information content (AvgIpc) is 2.35. The van der Waals surface area contributed by atoms with Gasteiger partial charge < -0.3 is 9.84 Å². The summed E-state index contributed by atoms with van der Waals surface area (Å²) in [6.07, 6.45) is 0.102. The van der Waals surface area contributed by atoms with Gasteiger partial charge in [0, 0.05) is 19.0 Å². The molecule has 0 amide bonds. The molecule has 0 saturated carbocycles. The number of hydrogen-bond acceptors (Lipinski definition) is 4. The van der Waals surface area contributed by atoms with Gasteiger partial charge in [0.05, 0.1) is 12.1 Å². The van der Waals surface area contributed by atoms with E-state index >= 15 is 0 Å². The summed E-state index contributed by atoms with van der Waals surface area (Å²) in [6, 6.07) is 4.28. The van der Waals surface area contributed by atoms with Crippen molar-refractivity contribution < 1.29 is 23.1 Å². The van der Waals surface area contributed by atoms with Crippen molar-refractivity contribution in [1.29, 1.82) is 0 Å². The van der Waals surface area contributed by atoms with Crippen molar-refractivity contribution in [3.8, 4) is 5.75 Å². The Bertz CT molecular complexity index is 558. The van der Waals surface area contributed by atoms with Gasteiger partial charge in [0.15, 0.2) is 0 Å². The van der Waals surface area contributed by atoms with Crippen molar-refractivity contribution in [2.24, 2.45) is 0 Å². The molecule has 8 heteroatoms. The number of aliphatic carboxylic acids is 1. The van der Waals surface area contributed by atoms with Gasteiger partial charge in [-0.3, -0.25) is 4.79 Å². The molecule has 1 aromatic rings. The van der Waals surface area contributed by atoms with Crippen molar-refractivity contribution in [3.05, 3.63) is 23.2 Å². The van der Waals surface area contributed by atoms with Gasteiger partial charge in [-0.05, 0) is 18.6 Å². The van der Waals surface area contributed by atoms with Gasteiger partial charge in [-0.25, -0.2) is 13.1 Å². The predicted molar refractivity (Wildman–Crippen MR) is 70.1 cm³/mol. The quantitative estimate of drug-likeness (QED) is 0.745. The minimum atomic E-state index is -3.78. The normalized spacial score (nSPS) is 11.3. The Kier molecular flexibility index (Phi) is 5.59. The van der Waals surface area contributed by atoms with Gasteiger partial charge >= 0.3 is 5.97 Å². The van der Waals surface area contributed by atoms with E-state index in [1.54, 1.807) is 6.07 Å². The van der Waals surface area contributed by atoms with Crippen LogP contribution in [0, 0.1) is 0 Å². The second kappa shape index (κ2) is 6.74. The van der Waals surface area contributed by atoms with Crippen molar-refractivity contribution in [2.45, 2.75) is 17.7 Å². The Balaban J connectivity index is 2.79. The first kappa shape index (κ1) is 15.7. The molecule has 0 atom stereocenters. The summed E-state index contributed by atoms with van der Waals surface area (Å²) < 4.78 is 31.2. The minimum Gasteiger partial charge on any atom is -0.497 e. The number of methoxy groups -OCH3 is 1. The van der Waals surface area contributed by atoms with E-state index in [4.69, 9.17) is 21.4 Å². The molecule has 0 radical (unpaired) electrons. The molecule has 2 N–H and O–H groups in total. The maximum atomic E-state index is 12.0. The summed E-state index contributed by atoms with van der Waals surface area (Å²) in [5.41, 5.74) is 0. The number of rotatable bonds is 7. The number of halogens is 1. The van der Waals surface area contributed by atoms with Gasteiger partial charge in [-0.2, -0.15) is 0 Å². The number of benzene rings is 1. The van der Waals surface area contributed by atoms with E-state index in [-0.39, 0.29) is 29.3 Å². The van der Waals surface area contributed by atoms with Gasteiger partial charge in [0.1, 0.15) is 10.6 Å². The van der Waals surface area contributed by atoms with E-state index in [9.17, 15) is 13.2 Å². The Labute approximate surface area is 116 Å². The van der Waals surface area contributed by atoms with Crippen LogP contribution >= 0.6 is 11.6 Å². The molecule has 0 heterocycles. The highest BCUT2D eigenvalue weighted by molar-refractivity contribution is 7.89. The molecule has 0 fully saturated rings. The van der Waals surface area contributed by atoms with Crippen LogP contribution < -0.4 is 9.46 Å². The van der Waals surface area contributed by atoms with E-state index in [0.717, 1.165) is 0 Å². The van der Waals surface area contributed by atoms with Crippen LogP contribution in [-0.4, -0.2) is 33.1 Å². The lowest BCUT2D eigenvalue weighted by Gasteiger charge is -2.09. The van der Waals surface area contributed by atoms with Crippen LogP contribution in [0.25, 0.3) is 0 Å². The van der Waals surface area contributed by atoms with Crippen molar-refractivity contribution in [1.82, 2.24) is 4.72 Å². The number of nitrogens with one attached hydrogen (secondary N) is 1. The first-order chi connectivity index (χ1) is 8.86. The summed E-state index contributed by atoms with van der Waals surface area (Å²) in [5, 5.41) is 8.53. The second-order valence-electron chi connectivity index (χ2n) is 3.69. The fourth-order valence-corrected chi connectivity index (χ4v) is 2.93. The number of carboxylic acids is 1.